The molecule has 80 valence electrons. The van der Waals surface area contributed by atoms with E-state index >= 15 is 0 Å². The van der Waals surface area contributed by atoms with Crippen LogP contribution in [0.5, 0.6) is 0 Å². The van der Waals surface area contributed by atoms with E-state index in [1.54, 1.807) is 0 Å². The van der Waals surface area contributed by atoms with Crippen LogP contribution >= 0.6 is 27.7 Å². The van der Waals surface area contributed by atoms with Gasteiger partial charge in [0.2, 0.25) is 0 Å². The maximum atomic E-state index is 3.97. The Hall–Kier alpha value is -0.0700. The summed E-state index contributed by atoms with van der Waals surface area (Å²) in [6, 6.07) is 0.300. The molecule has 1 heterocycles. The van der Waals surface area contributed by atoms with Gasteiger partial charge in [0.15, 0.2) is 4.60 Å². The lowest BCUT2D eigenvalue weighted by atomic mass is 10.2. The third-order valence-electron chi connectivity index (χ3n) is 1.99. The highest BCUT2D eigenvalue weighted by atomic mass is 79.9. The second-order valence-electron chi connectivity index (χ2n) is 2.89. The first-order valence-corrected chi connectivity index (χ1v) is 6.45. The monoisotopic (exact) mass is 278 g/mol. The third-order valence-corrected chi connectivity index (χ3v) is 3.54. The van der Waals surface area contributed by atoms with Gasteiger partial charge >= 0.3 is 0 Å². The molecule has 0 bridgehead atoms. The molecule has 1 unspecified atom stereocenters. The zero-order chi connectivity index (χ0) is 10.6. The van der Waals surface area contributed by atoms with Gasteiger partial charge in [-0.2, -0.15) is 11.8 Å². The van der Waals surface area contributed by atoms with Gasteiger partial charge in [0.25, 0.3) is 0 Å². The average Bonchev–Trinajstić information content (AvgIpc) is 2.50. The molecule has 0 saturated carbocycles. The second kappa shape index (κ2) is 5.72. The van der Waals surface area contributed by atoms with Crippen LogP contribution in [0.1, 0.15) is 18.7 Å². The molecule has 4 nitrogen and oxygen atoms in total. The summed E-state index contributed by atoms with van der Waals surface area (Å²) in [6.07, 6.45) is 0. The number of hydrogen-bond acceptors (Lipinski definition) is 4. The summed E-state index contributed by atoms with van der Waals surface area (Å²) in [7, 11) is 3.87. The third kappa shape index (κ3) is 2.71. The SMILES string of the molecule is CCSCC(NC)c1c(Br)nnn1C. The fraction of sp³-hybridized carbons (Fsp3) is 0.750. The highest BCUT2D eigenvalue weighted by Crippen LogP contribution is 2.23. The minimum absolute atomic E-state index is 0.300. The van der Waals surface area contributed by atoms with Crippen molar-refractivity contribution >= 4 is 27.7 Å². The van der Waals surface area contributed by atoms with Crippen LogP contribution in [0.2, 0.25) is 0 Å². The molecule has 6 heteroatoms. The summed E-state index contributed by atoms with van der Waals surface area (Å²) in [5.74, 6) is 2.16. The molecule has 0 radical (unpaired) electrons. The number of hydrogen-bond donors (Lipinski definition) is 1. The minimum atomic E-state index is 0.300. The molecule has 0 aliphatic rings. The van der Waals surface area contributed by atoms with Crippen LogP contribution in [0.25, 0.3) is 0 Å². The number of halogens is 1. The fourth-order valence-corrected chi connectivity index (χ4v) is 2.64. The normalized spacial score (nSPS) is 13.1. The van der Waals surface area contributed by atoms with E-state index in [4.69, 9.17) is 0 Å². The number of aryl methyl sites for hydroxylation is 1. The lowest BCUT2D eigenvalue weighted by Crippen LogP contribution is -2.22. The Bertz CT molecular complexity index is 269. The van der Waals surface area contributed by atoms with Gasteiger partial charge in [-0.1, -0.05) is 12.1 Å². The Balaban J connectivity index is 2.77. The van der Waals surface area contributed by atoms with E-state index in [0.717, 1.165) is 21.8 Å². The average molecular weight is 279 g/mol. The molecule has 14 heavy (non-hydrogen) atoms. The Morgan fingerprint density at radius 1 is 1.64 bits per heavy atom. The van der Waals surface area contributed by atoms with Gasteiger partial charge in [0.05, 0.1) is 11.7 Å². The second-order valence-corrected chi connectivity index (χ2v) is 4.96. The van der Waals surface area contributed by atoms with Gasteiger partial charge in [-0.3, -0.25) is 0 Å². The van der Waals surface area contributed by atoms with Crippen molar-refractivity contribution < 1.29 is 0 Å². The molecule has 1 rings (SSSR count). The Kier molecular flexibility index (Phi) is 4.91. The summed E-state index contributed by atoms with van der Waals surface area (Å²) < 4.78 is 2.64. The van der Waals surface area contributed by atoms with Crippen LogP contribution in [0.4, 0.5) is 0 Å². The Morgan fingerprint density at radius 3 is 2.79 bits per heavy atom. The predicted octanol–water partition coefficient (Wildman–Crippen LogP) is 1.59. The van der Waals surface area contributed by atoms with Crippen molar-refractivity contribution in [3.63, 3.8) is 0 Å². The van der Waals surface area contributed by atoms with Gasteiger partial charge in [-0.05, 0) is 28.7 Å². The van der Waals surface area contributed by atoms with E-state index < -0.39 is 0 Å². The molecule has 0 spiro atoms. The summed E-state index contributed by atoms with van der Waals surface area (Å²) >= 11 is 5.31. The predicted molar refractivity (Wildman–Crippen MR) is 63.5 cm³/mol. The lowest BCUT2D eigenvalue weighted by Gasteiger charge is -2.15. The quantitative estimate of drug-likeness (QED) is 0.889. The number of rotatable bonds is 5. The van der Waals surface area contributed by atoms with Gasteiger partial charge in [-0.15, -0.1) is 5.10 Å². The summed E-state index contributed by atoms with van der Waals surface area (Å²) in [5.41, 5.74) is 1.11. The van der Waals surface area contributed by atoms with Crippen molar-refractivity contribution in [3.8, 4) is 0 Å². The number of thioether (sulfide) groups is 1. The summed E-state index contributed by atoms with van der Waals surface area (Å²) in [6.45, 7) is 2.16. The first-order valence-electron chi connectivity index (χ1n) is 4.50. The van der Waals surface area contributed by atoms with E-state index in [0.29, 0.717) is 6.04 Å². The molecular formula is C8H15BrN4S. The molecule has 0 aliphatic heterocycles. The maximum absolute atomic E-state index is 3.97. The molecule has 0 aliphatic carbocycles. The van der Waals surface area contributed by atoms with Crippen LogP contribution in [0.15, 0.2) is 4.60 Å². The smallest absolute Gasteiger partial charge is 0.153 e. The van der Waals surface area contributed by atoms with Crippen molar-refractivity contribution in [1.29, 1.82) is 0 Å². The number of aromatic nitrogens is 3. The summed E-state index contributed by atoms with van der Waals surface area (Å²) in [4.78, 5) is 0. The van der Waals surface area contributed by atoms with Crippen molar-refractivity contribution in [2.75, 3.05) is 18.6 Å². The highest BCUT2D eigenvalue weighted by molar-refractivity contribution is 9.10. The molecule has 0 fully saturated rings. The molecule has 0 saturated heterocycles. The van der Waals surface area contributed by atoms with Crippen LogP contribution in [-0.2, 0) is 7.05 Å². The zero-order valence-corrected chi connectivity index (χ0v) is 11.0. The van der Waals surface area contributed by atoms with Crippen LogP contribution < -0.4 is 5.32 Å². The molecule has 1 atom stereocenters. The molecular weight excluding hydrogens is 264 g/mol. The first kappa shape index (κ1) is 12.0. The molecule has 0 aromatic carbocycles. The lowest BCUT2D eigenvalue weighted by molar-refractivity contribution is 0.578. The van der Waals surface area contributed by atoms with Crippen LogP contribution in [0, 0.1) is 0 Å². The van der Waals surface area contributed by atoms with E-state index in [9.17, 15) is 0 Å². The number of nitrogens with one attached hydrogen (secondary N) is 1. The zero-order valence-electron chi connectivity index (χ0n) is 8.62. The first-order chi connectivity index (χ1) is 6.70. The van der Waals surface area contributed by atoms with E-state index in [-0.39, 0.29) is 0 Å². The van der Waals surface area contributed by atoms with Gasteiger partial charge in [0.1, 0.15) is 0 Å². The summed E-state index contributed by atoms with van der Waals surface area (Å²) in [5, 5.41) is 11.2. The molecule has 1 N–H and O–H groups in total. The Labute approximate surface area is 97.0 Å². The topological polar surface area (TPSA) is 42.7 Å². The number of nitrogens with zero attached hydrogens (tertiary/aromatic N) is 3. The molecule has 0 amide bonds. The van der Waals surface area contributed by atoms with Crippen LogP contribution in [-0.4, -0.2) is 33.5 Å². The van der Waals surface area contributed by atoms with E-state index in [1.165, 1.54) is 0 Å². The van der Waals surface area contributed by atoms with Gasteiger partial charge < -0.3 is 5.32 Å². The van der Waals surface area contributed by atoms with Crippen LogP contribution in [0.3, 0.4) is 0 Å². The minimum Gasteiger partial charge on any atom is -0.311 e. The van der Waals surface area contributed by atoms with Crippen molar-refractivity contribution in [1.82, 2.24) is 20.3 Å². The molecule has 1 aromatic heterocycles. The van der Waals surface area contributed by atoms with E-state index in [1.807, 2.05) is 30.5 Å². The van der Waals surface area contributed by atoms with Crippen molar-refractivity contribution in [3.05, 3.63) is 10.3 Å². The van der Waals surface area contributed by atoms with Crippen molar-refractivity contribution in [2.24, 2.45) is 7.05 Å². The maximum Gasteiger partial charge on any atom is 0.153 e. The highest BCUT2D eigenvalue weighted by Gasteiger charge is 2.17. The largest absolute Gasteiger partial charge is 0.311 e. The Morgan fingerprint density at radius 2 is 2.36 bits per heavy atom. The fourth-order valence-electron chi connectivity index (χ4n) is 1.24. The van der Waals surface area contributed by atoms with Crippen molar-refractivity contribution in [2.45, 2.75) is 13.0 Å². The van der Waals surface area contributed by atoms with Gasteiger partial charge in [0, 0.05) is 12.8 Å². The van der Waals surface area contributed by atoms with E-state index in [2.05, 4.69) is 38.5 Å². The van der Waals surface area contributed by atoms with Gasteiger partial charge in [-0.25, -0.2) is 4.68 Å². The standard InChI is InChI=1S/C8H15BrN4S/c1-4-14-5-6(10-2)7-8(9)11-12-13(7)3/h6,10H,4-5H2,1-3H3. The molecule has 1 aromatic rings.